The Labute approximate surface area is 127 Å². The van der Waals surface area contributed by atoms with Crippen LogP contribution in [0.5, 0.6) is 0 Å². The average molecular weight is 307 g/mol. The molecule has 3 N–H and O–H groups in total. The summed E-state index contributed by atoms with van der Waals surface area (Å²) in [6.45, 7) is 1.98. The van der Waals surface area contributed by atoms with Crippen LogP contribution in [0.15, 0.2) is 42.5 Å². The number of anilines is 1. The van der Waals surface area contributed by atoms with E-state index >= 15 is 0 Å². The number of carbonyl (C=O) groups excluding carboxylic acids is 1. The smallest absolute Gasteiger partial charge is 0.248 e. The molecule has 2 aromatic rings. The SMILES string of the molecule is CCC(Nc1cc(C(N)=O)ccc1Cl)c1cccc(F)c1. The van der Waals surface area contributed by atoms with E-state index < -0.39 is 5.91 Å². The van der Waals surface area contributed by atoms with Crippen molar-refractivity contribution >= 4 is 23.2 Å². The number of primary amides is 1. The number of carbonyl (C=O) groups is 1. The van der Waals surface area contributed by atoms with Crippen LogP contribution in [0.2, 0.25) is 5.02 Å². The van der Waals surface area contributed by atoms with Crippen LogP contribution in [0.1, 0.15) is 35.3 Å². The highest BCUT2D eigenvalue weighted by Crippen LogP contribution is 2.29. The fourth-order valence-electron chi connectivity index (χ4n) is 2.12. The molecule has 0 saturated heterocycles. The zero-order valence-corrected chi connectivity index (χ0v) is 12.3. The first-order valence-electron chi connectivity index (χ1n) is 6.62. The van der Waals surface area contributed by atoms with Crippen LogP contribution in [-0.2, 0) is 0 Å². The second-order valence-corrected chi connectivity index (χ2v) is 5.13. The van der Waals surface area contributed by atoms with Gasteiger partial charge in [0.2, 0.25) is 5.91 Å². The van der Waals surface area contributed by atoms with Crippen molar-refractivity contribution < 1.29 is 9.18 Å². The summed E-state index contributed by atoms with van der Waals surface area (Å²) < 4.78 is 13.3. The third kappa shape index (κ3) is 3.73. The number of hydrogen-bond donors (Lipinski definition) is 2. The molecule has 1 unspecified atom stereocenters. The molecule has 0 aliphatic rings. The lowest BCUT2D eigenvalue weighted by Crippen LogP contribution is -2.13. The second-order valence-electron chi connectivity index (χ2n) is 4.72. The summed E-state index contributed by atoms with van der Waals surface area (Å²) in [7, 11) is 0. The Morgan fingerprint density at radius 3 is 2.71 bits per heavy atom. The van der Waals surface area contributed by atoms with Gasteiger partial charge in [-0.3, -0.25) is 4.79 Å². The van der Waals surface area contributed by atoms with Crippen molar-refractivity contribution in [2.24, 2.45) is 5.73 Å². The summed E-state index contributed by atoms with van der Waals surface area (Å²) in [6.07, 6.45) is 0.737. The molecule has 0 radical (unpaired) electrons. The first-order chi connectivity index (χ1) is 10.0. The van der Waals surface area contributed by atoms with E-state index in [1.807, 2.05) is 13.0 Å². The van der Waals surface area contributed by atoms with Gasteiger partial charge < -0.3 is 11.1 Å². The van der Waals surface area contributed by atoms with Crippen molar-refractivity contribution in [1.82, 2.24) is 0 Å². The number of nitrogens with one attached hydrogen (secondary N) is 1. The van der Waals surface area contributed by atoms with Crippen LogP contribution in [0.25, 0.3) is 0 Å². The number of rotatable bonds is 5. The summed E-state index contributed by atoms with van der Waals surface area (Å²) >= 11 is 6.13. The van der Waals surface area contributed by atoms with Gasteiger partial charge in [0.25, 0.3) is 0 Å². The van der Waals surface area contributed by atoms with Crippen LogP contribution < -0.4 is 11.1 Å². The molecule has 3 nitrogen and oxygen atoms in total. The van der Waals surface area contributed by atoms with E-state index in [-0.39, 0.29) is 11.9 Å². The zero-order valence-electron chi connectivity index (χ0n) is 11.6. The predicted molar refractivity (Wildman–Crippen MR) is 83.0 cm³/mol. The third-order valence-corrected chi connectivity index (χ3v) is 3.57. The first-order valence-corrected chi connectivity index (χ1v) is 7.00. The standard InChI is InChI=1S/C16H16ClFN2O/c1-2-14(10-4-3-5-12(18)8-10)20-15-9-11(16(19)21)6-7-13(15)17/h3-9,14,20H,2H2,1H3,(H2,19,21). The molecule has 0 aliphatic carbocycles. The van der Waals surface area contributed by atoms with Gasteiger partial charge in [0, 0.05) is 5.56 Å². The molecule has 2 rings (SSSR count). The Morgan fingerprint density at radius 1 is 1.33 bits per heavy atom. The van der Waals surface area contributed by atoms with Crippen molar-refractivity contribution in [3.8, 4) is 0 Å². The first kappa shape index (κ1) is 15.3. The molecule has 0 spiro atoms. The van der Waals surface area contributed by atoms with Crippen LogP contribution in [0, 0.1) is 5.82 Å². The van der Waals surface area contributed by atoms with Gasteiger partial charge in [-0.25, -0.2) is 4.39 Å². The molecule has 21 heavy (non-hydrogen) atoms. The van der Waals surface area contributed by atoms with Gasteiger partial charge in [-0.2, -0.15) is 0 Å². The number of halogens is 2. The van der Waals surface area contributed by atoms with Crippen LogP contribution in [0.3, 0.4) is 0 Å². The second kappa shape index (κ2) is 6.59. The summed E-state index contributed by atoms with van der Waals surface area (Å²) in [4.78, 5) is 11.2. The van der Waals surface area contributed by atoms with Crippen molar-refractivity contribution in [2.45, 2.75) is 19.4 Å². The molecule has 0 bridgehead atoms. The molecule has 1 amide bonds. The molecule has 2 aromatic carbocycles. The average Bonchev–Trinajstić information content (AvgIpc) is 2.46. The Morgan fingerprint density at radius 2 is 2.10 bits per heavy atom. The maximum Gasteiger partial charge on any atom is 0.248 e. The maximum absolute atomic E-state index is 13.3. The predicted octanol–water partition coefficient (Wildman–Crippen LogP) is 4.14. The molecular weight excluding hydrogens is 291 g/mol. The molecule has 110 valence electrons. The molecule has 0 heterocycles. The van der Waals surface area contributed by atoms with Gasteiger partial charge in [0.15, 0.2) is 0 Å². The topological polar surface area (TPSA) is 55.1 Å². The van der Waals surface area contributed by atoms with Crippen molar-refractivity contribution in [3.05, 3.63) is 64.4 Å². The molecular formula is C16H16ClFN2O. The minimum Gasteiger partial charge on any atom is -0.377 e. The third-order valence-electron chi connectivity index (χ3n) is 3.24. The van der Waals surface area contributed by atoms with Gasteiger partial charge in [-0.05, 0) is 42.3 Å². The number of hydrogen-bond acceptors (Lipinski definition) is 2. The summed E-state index contributed by atoms with van der Waals surface area (Å²) in [5.41, 5.74) is 7.06. The molecule has 0 saturated carbocycles. The van der Waals surface area contributed by atoms with E-state index in [1.54, 1.807) is 24.3 Å². The minimum absolute atomic E-state index is 0.110. The Balaban J connectivity index is 2.30. The van der Waals surface area contributed by atoms with Gasteiger partial charge >= 0.3 is 0 Å². The molecule has 0 aliphatic heterocycles. The van der Waals surface area contributed by atoms with Crippen molar-refractivity contribution in [3.63, 3.8) is 0 Å². The molecule has 5 heteroatoms. The lowest BCUT2D eigenvalue weighted by atomic mass is 10.0. The Hall–Kier alpha value is -2.07. The Kier molecular flexibility index (Phi) is 4.81. The Bertz CT molecular complexity index is 660. The highest BCUT2D eigenvalue weighted by molar-refractivity contribution is 6.33. The normalized spacial score (nSPS) is 12.0. The van der Waals surface area contributed by atoms with Crippen molar-refractivity contribution in [2.75, 3.05) is 5.32 Å². The number of benzene rings is 2. The number of amides is 1. The fourth-order valence-corrected chi connectivity index (χ4v) is 2.29. The monoisotopic (exact) mass is 306 g/mol. The van der Waals surface area contributed by atoms with E-state index in [1.165, 1.54) is 12.1 Å². The van der Waals surface area contributed by atoms with Gasteiger partial charge in [-0.15, -0.1) is 0 Å². The van der Waals surface area contributed by atoms with Crippen LogP contribution in [0.4, 0.5) is 10.1 Å². The molecule has 1 atom stereocenters. The lowest BCUT2D eigenvalue weighted by Gasteiger charge is -2.20. The van der Waals surface area contributed by atoms with Crippen molar-refractivity contribution in [1.29, 1.82) is 0 Å². The summed E-state index contributed by atoms with van der Waals surface area (Å²) in [6, 6.07) is 11.1. The van der Waals surface area contributed by atoms with Gasteiger partial charge in [0.1, 0.15) is 5.82 Å². The van der Waals surface area contributed by atoms with E-state index in [2.05, 4.69) is 5.32 Å². The quantitative estimate of drug-likeness (QED) is 0.872. The van der Waals surface area contributed by atoms with Crippen LogP contribution in [-0.4, -0.2) is 5.91 Å². The lowest BCUT2D eigenvalue weighted by molar-refractivity contribution is 0.100. The maximum atomic E-state index is 13.3. The highest BCUT2D eigenvalue weighted by atomic mass is 35.5. The fraction of sp³-hybridized carbons (Fsp3) is 0.188. The largest absolute Gasteiger partial charge is 0.377 e. The minimum atomic E-state index is -0.520. The summed E-state index contributed by atoms with van der Waals surface area (Å²) in [5, 5.41) is 3.71. The highest BCUT2D eigenvalue weighted by Gasteiger charge is 2.13. The van der Waals surface area contributed by atoms with Crippen LogP contribution >= 0.6 is 11.6 Å². The summed E-state index contributed by atoms with van der Waals surface area (Å²) in [5.74, 6) is -0.807. The van der Waals surface area contributed by atoms with E-state index in [0.29, 0.717) is 16.3 Å². The van der Waals surface area contributed by atoms with Gasteiger partial charge in [0.05, 0.1) is 16.8 Å². The van der Waals surface area contributed by atoms with Gasteiger partial charge in [-0.1, -0.05) is 30.7 Å². The van der Waals surface area contributed by atoms with E-state index in [4.69, 9.17) is 17.3 Å². The van der Waals surface area contributed by atoms with E-state index in [0.717, 1.165) is 12.0 Å². The van der Waals surface area contributed by atoms with E-state index in [9.17, 15) is 9.18 Å². The zero-order chi connectivity index (χ0) is 15.4. The number of nitrogens with two attached hydrogens (primary N) is 1. The molecule has 0 aromatic heterocycles. The molecule has 0 fully saturated rings.